The molecule has 3 N–H and O–H groups in total. The van der Waals surface area contributed by atoms with Gasteiger partial charge in [0.25, 0.3) is 11.8 Å². The Morgan fingerprint density at radius 2 is 1.48 bits per heavy atom. The third-order valence-corrected chi connectivity index (χ3v) is 5.40. The molecular formula is C25H24IN3O4. The fraction of sp³-hybridized carbons (Fsp3) is 0.160. The number of halogens is 1. The van der Waals surface area contributed by atoms with Crippen LogP contribution in [-0.2, 0) is 9.59 Å². The maximum absolute atomic E-state index is 12.8. The zero-order valence-corrected chi connectivity index (χ0v) is 20.4. The molecule has 3 aromatic carbocycles. The molecule has 3 aromatic rings. The third-order valence-electron chi connectivity index (χ3n) is 4.68. The molecule has 170 valence electrons. The highest BCUT2D eigenvalue weighted by Crippen LogP contribution is 2.19. The van der Waals surface area contributed by atoms with Gasteiger partial charge in [0.2, 0.25) is 5.91 Å². The molecule has 0 fully saturated rings. The van der Waals surface area contributed by atoms with Gasteiger partial charge in [-0.15, -0.1) is 0 Å². The smallest absolute Gasteiger partial charge is 0.262 e. The van der Waals surface area contributed by atoms with Gasteiger partial charge in [-0.25, -0.2) is 0 Å². The number of nitrogens with one attached hydrogen (secondary N) is 3. The zero-order valence-electron chi connectivity index (χ0n) is 18.2. The van der Waals surface area contributed by atoms with Crippen LogP contribution >= 0.6 is 22.6 Å². The van der Waals surface area contributed by atoms with Crippen molar-refractivity contribution >= 4 is 51.7 Å². The topological polar surface area (TPSA) is 96.5 Å². The van der Waals surface area contributed by atoms with Gasteiger partial charge in [-0.05, 0) is 85.0 Å². The number of aryl methyl sites for hydroxylation is 1. The molecule has 0 heterocycles. The summed E-state index contributed by atoms with van der Waals surface area (Å²) in [6.07, 6.45) is 0. The van der Waals surface area contributed by atoms with E-state index in [1.165, 1.54) is 0 Å². The van der Waals surface area contributed by atoms with Gasteiger partial charge < -0.3 is 20.7 Å². The van der Waals surface area contributed by atoms with Crippen LogP contribution in [0.4, 0.5) is 11.4 Å². The van der Waals surface area contributed by atoms with Gasteiger partial charge in [0.15, 0.2) is 6.61 Å². The highest BCUT2D eigenvalue weighted by atomic mass is 127. The van der Waals surface area contributed by atoms with E-state index in [4.69, 9.17) is 4.74 Å². The molecule has 0 saturated heterocycles. The van der Waals surface area contributed by atoms with E-state index in [0.717, 1.165) is 9.13 Å². The van der Waals surface area contributed by atoms with E-state index in [2.05, 4.69) is 38.5 Å². The minimum Gasteiger partial charge on any atom is -0.483 e. The van der Waals surface area contributed by atoms with Crippen LogP contribution in [-0.4, -0.2) is 30.4 Å². The van der Waals surface area contributed by atoms with Crippen LogP contribution in [0, 0.1) is 10.5 Å². The average molecular weight is 557 g/mol. The number of benzene rings is 3. The fourth-order valence-corrected chi connectivity index (χ4v) is 3.24. The first-order valence-corrected chi connectivity index (χ1v) is 11.4. The molecule has 0 aliphatic rings. The largest absolute Gasteiger partial charge is 0.483 e. The second-order valence-electron chi connectivity index (χ2n) is 7.39. The fourth-order valence-electron chi connectivity index (χ4n) is 2.88. The number of rotatable bonds is 8. The summed E-state index contributed by atoms with van der Waals surface area (Å²) in [4.78, 5) is 37.4. The van der Waals surface area contributed by atoms with Crippen molar-refractivity contribution in [1.82, 2.24) is 5.32 Å². The van der Waals surface area contributed by atoms with E-state index in [1.54, 1.807) is 55.5 Å². The lowest BCUT2D eigenvalue weighted by Crippen LogP contribution is -2.41. The van der Waals surface area contributed by atoms with Crippen LogP contribution in [0.1, 0.15) is 22.8 Å². The Bertz CT molecular complexity index is 1130. The standard InChI is InChI=1S/C25H24IN3O4/c1-16-7-11-20(12-8-16)29-24(31)17(2)27-25(32)21-5-3-4-6-22(21)33-15-23(30)28-19-13-9-18(26)10-14-19/h3-14,17H,15H2,1-2H3,(H,27,32)(H,28,30)(H,29,31)/t17-/m0/s1. The van der Waals surface area contributed by atoms with Crippen molar-refractivity contribution in [3.05, 3.63) is 87.5 Å². The minimum absolute atomic E-state index is 0.231. The molecule has 0 spiro atoms. The summed E-state index contributed by atoms with van der Waals surface area (Å²) in [6, 6.07) is 20.5. The van der Waals surface area contributed by atoms with Crippen LogP contribution < -0.4 is 20.7 Å². The van der Waals surface area contributed by atoms with E-state index < -0.39 is 11.9 Å². The first-order chi connectivity index (χ1) is 15.8. The van der Waals surface area contributed by atoms with Gasteiger partial charge >= 0.3 is 0 Å². The predicted molar refractivity (Wildman–Crippen MR) is 136 cm³/mol. The van der Waals surface area contributed by atoms with Gasteiger partial charge in [-0.2, -0.15) is 0 Å². The van der Waals surface area contributed by atoms with E-state index in [1.807, 2.05) is 31.2 Å². The molecule has 1 atom stereocenters. The number of carbonyl (C=O) groups excluding carboxylic acids is 3. The normalized spacial score (nSPS) is 11.2. The molecular weight excluding hydrogens is 533 g/mol. The number of hydrogen-bond donors (Lipinski definition) is 3. The molecule has 0 unspecified atom stereocenters. The zero-order chi connectivity index (χ0) is 23.8. The SMILES string of the molecule is Cc1ccc(NC(=O)[C@H](C)NC(=O)c2ccccc2OCC(=O)Nc2ccc(I)cc2)cc1. The quantitative estimate of drug-likeness (QED) is 0.359. The van der Waals surface area contributed by atoms with Crippen molar-refractivity contribution in [1.29, 1.82) is 0 Å². The van der Waals surface area contributed by atoms with E-state index in [9.17, 15) is 14.4 Å². The Hall–Kier alpha value is -3.40. The average Bonchev–Trinajstić information content (AvgIpc) is 2.80. The third kappa shape index (κ3) is 7.31. The predicted octanol–water partition coefficient (Wildman–Crippen LogP) is 4.37. The molecule has 7 nitrogen and oxygen atoms in total. The minimum atomic E-state index is -0.781. The Balaban J connectivity index is 1.57. The summed E-state index contributed by atoms with van der Waals surface area (Å²) in [7, 11) is 0. The van der Waals surface area contributed by atoms with Crippen molar-refractivity contribution in [2.75, 3.05) is 17.2 Å². The van der Waals surface area contributed by atoms with Crippen LogP contribution in [0.25, 0.3) is 0 Å². The molecule has 3 amide bonds. The summed E-state index contributed by atoms with van der Waals surface area (Å²) < 4.78 is 6.65. The van der Waals surface area contributed by atoms with Gasteiger partial charge in [0, 0.05) is 14.9 Å². The van der Waals surface area contributed by atoms with Gasteiger partial charge in [-0.3, -0.25) is 14.4 Å². The number of carbonyl (C=O) groups is 3. The molecule has 3 rings (SSSR count). The summed E-state index contributed by atoms with van der Waals surface area (Å²) >= 11 is 2.18. The Labute approximate surface area is 206 Å². The lowest BCUT2D eigenvalue weighted by molar-refractivity contribution is -0.118. The van der Waals surface area contributed by atoms with Crippen molar-refractivity contribution in [2.24, 2.45) is 0 Å². The molecule has 0 saturated carbocycles. The summed E-state index contributed by atoms with van der Waals surface area (Å²) in [5, 5.41) is 8.18. The van der Waals surface area contributed by atoms with E-state index >= 15 is 0 Å². The number of ether oxygens (including phenoxy) is 1. The maximum atomic E-state index is 12.8. The van der Waals surface area contributed by atoms with Gasteiger partial charge in [0.1, 0.15) is 11.8 Å². The first kappa shape index (κ1) is 24.2. The summed E-state index contributed by atoms with van der Waals surface area (Å²) in [5.41, 5.74) is 2.62. The molecule has 0 aliphatic heterocycles. The molecule has 0 radical (unpaired) electrons. The number of hydrogen-bond acceptors (Lipinski definition) is 4. The highest BCUT2D eigenvalue weighted by Gasteiger charge is 2.19. The van der Waals surface area contributed by atoms with Crippen LogP contribution in [0.5, 0.6) is 5.75 Å². The van der Waals surface area contributed by atoms with Crippen molar-refractivity contribution < 1.29 is 19.1 Å². The summed E-state index contributed by atoms with van der Waals surface area (Å²) in [6.45, 7) is 3.29. The number of para-hydroxylation sites is 1. The summed E-state index contributed by atoms with van der Waals surface area (Å²) in [5.74, 6) is -0.922. The van der Waals surface area contributed by atoms with Crippen molar-refractivity contribution in [3.8, 4) is 5.75 Å². The monoisotopic (exact) mass is 557 g/mol. The molecule has 0 aromatic heterocycles. The van der Waals surface area contributed by atoms with Crippen molar-refractivity contribution in [3.63, 3.8) is 0 Å². The number of amides is 3. The molecule has 8 heteroatoms. The van der Waals surface area contributed by atoms with E-state index in [0.29, 0.717) is 11.4 Å². The Kier molecular flexibility index (Phi) is 8.42. The van der Waals surface area contributed by atoms with Crippen molar-refractivity contribution in [2.45, 2.75) is 19.9 Å². The van der Waals surface area contributed by atoms with Gasteiger partial charge in [0.05, 0.1) is 5.56 Å². The second-order valence-corrected chi connectivity index (χ2v) is 8.64. The second kappa shape index (κ2) is 11.5. The Morgan fingerprint density at radius 3 is 2.18 bits per heavy atom. The first-order valence-electron chi connectivity index (χ1n) is 10.3. The highest BCUT2D eigenvalue weighted by molar-refractivity contribution is 14.1. The van der Waals surface area contributed by atoms with Crippen LogP contribution in [0.2, 0.25) is 0 Å². The maximum Gasteiger partial charge on any atom is 0.262 e. The lowest BCUT2D eigenvalue weighted by atomic mass is 10.1. The van der Waals surface area contributed by atoms with E-state index in [-0.39, 0.29) is 29.7 Å². The lowest BCUT2D eigenvalue weighted by Gasteiger charge is -2.16. The van der Waals surface area contributed by atoms with Crippen LogP contribution in [0.3, 0.4) is 0 Å². The Morgan fingerprint density at radius 1 is 0.879 bits per heavy atom. The molecule has 0 aliphatic carbocycles. The van der Waals surface area contributed by atoms with Gasteiger partial charge in [-0.1, -0.05) is 29.8 Å². The molecule has 33 heavy (non-hydrogen) atoms. The number of anilines is 2. The van der Waals surface area contributed by atoms with Crippen LogP contribution in [0.15, 0.2) is 72.8 Å². The molecule has 0 bridgehead atoms.